The summed E-state index contributed by atoms with van der Waals surface area (Å²) in [6.07, 6.45) is 5.68. The minimum atomic E-state index is -0.666. The molecule has 1 heterocycles. The summed E-state index contributed by atoms with van der Waals surface area (Å²) in [5, 5.41) is 0. The van der Waals surface area contributed by atoms with Crippen molar-refractivity contribution in [2.24, 2.45) is 5.41 Å². The fourth-order valence-electron chi connectivity index (χ4n) is 2.46. The fraction of sp³-hybridized carbons (Fsp3) is 0.471. The first-order valence-corrected chi connectivity index (χ1v) is 6.98. The molecule has 1 aromatic carbocycles. The average Bonchev–Trinajstić information content (AvgIpc) is 2.47. The third-order valence-corrected chi connectivity index (χ3v) is 3.78. The molecule has 108 valence electrons. The Balaban J connectivity index is 2.04. The molecular weight excluding hydrogens is 252 g/mol. The topological polar surface area (TPSA) is 35.5 Å². The van der Waals surface area contributed by atoms with Crippen molar-refractivity contribution in [2.45, 2.75) is 38.9 Å². The number of hydrogen-bond acceptors (Lipinski definition) is 3. The Labute approximate surface area is 120 Å². The van der Waals surface area contributed by atoms with E-state index in [1.54, 1.807) is 0 Å². The minimum Gasteiger partial charge on any atom is -0.469 e. The first-order valence-electron chi connectivity index (χ1n) is 6.98. The fourth-order valence-corrected chi connectivity index (χ4v) is 2.46. The molecule has 0 N–H and O–H groups in total. The van der Waals surface area contributed by atoms with Crippen LogP contribution in [0.5, 0.6) is 0 Å². The van der Waals surface area contributed by atoms with Crippen molar-refractivity contribution in [3.63, 3.8) is 0 Å². The highest BCUT2D eigenvalue weighted by atomic mass is 16.5. The highest BCUT2D eigenvalue weighted by Crippen LogP contribution is 2.31. The summed E-state index contributed by atoms with van der Waals surface area (Å²) in [7, 11) is 1.41. The highest BCUT2D eigenvalue weighted by molar-refractivity contribution is 5.77. The number of esters is 1. The molecule has 0 saturated heterocycles. The van der Waals surface area contributed by atoms with E-state index in [2.05, 4.69) is 18.2 Å². The maximum atomic E-state index is 11.9. The summed E-state index contributed by atoms with van der Waals surface area (Å²) in [6.45, 7) is 3.72. The number of rotatable bonds is 4. The molecule has 1 aromatic rings. The Morgan fingerprint density at radius 2 is 2.05 bits per heavy atom. The average molecular weight is 274 g/mol. The standard InChI is InChI=1S/C17H22O3/c1-17(2,16(18)19-3)15-11-7-10-14(20-15)12-13-8-5-4-6-9-13/h4-9,11,14-15H,10,12H2,1-3H3/t14-,15-/m0/s1. The van der Waals surface area contributed by atoms with Crippen LogP contribution < -0.4 is 0 Å². The van der Waals surface area contributed by atoms with Gasteiger partial charge in [-0.15, -0.1) is 0 Å². The van der Waals surface area contributed by atoms with Crippen LogP contribution >= 0.6 is 0 Å². The van der Waals surface area contributed by atoms with Crippen LogP contribution in [-0.4, -0.2) is 25.3 Å². The molecule has 0 bridgehead atoms. The third kappa shape index (κ3) is 3.28. The molecule has 0 unspecified atom stereocenters. The van der Waals surface area contributed by atoms with Crippen LogP contribution in [0.15, 0.2) is 42.5 Å². The zero-order chi connectivity index (χ0) is 14.6. The van der Waals surface area contributed by atoms with Gasteiger partial charge in [0.15, 0.2) is 0 Å². The van der Waals surface area contributed by atoms with Gasteiger partial charge in [-0.05, 0) is 32.3 Å². The van der Waals surface area contributed by atoms with Gasteiger partial charge in [0.2, 0.25) is 0 Å². The molecule has 0 fully saturated rings. The van der Waals surface area contributed by atoms with Crippen LogP contribution in [0.3, 0.4) is 0 Å². The highest BCUT2D eigenvalue weighted by Gasteiger charge is 2.39. The number of ether oxygens (including phenoxy) is 2. The summed E-state index contributed by atoms with van der Waals surface area (Å²) in [5.74, 6) is -0.243. The predicted octanol–water partition coefficient (Wildman–Crippen LogP) is 3.14. The quantitative estimate of drug-likeness (QED) is 0.625. The molecule has 3 nitrogen and oxygen atoms in total. The third-order valence-electron chi connectivity index (χ3n) is 3.78. The number of benzene rings is 1. The van der Waals surface area contributed by atoms with E-state index in [0.717, 1.165) is 12.8 Å². The maximum absolute atomic E-state index is 11.9. The van der Waals surface area contributed by atoms with E-state index in [1.165, 1.54) is 12.7 Å². The Hall–Kier alpha value is -1.61. The van der Waals surface area contributed by atoms with Crippen LogP contribution in [-0.2, 0) is 20.7 Å². The molecule has 0 radical (unpaired) electrons. The van der Waals surface area contributed by atoms with Crippen molar-refractivity contribution in [3.8, 4) is 0 Å². The van der Waals surface area contributed by atoms with Crippen molar-refractivity contribution >= 4 is 5.97 Å². The van der Waals surface area contributed by atoms with Crippen molar-refractivity contribution in [1.82, 2.24) is 0 Å². The van der Waals surface area contributed by atoms with E-state index >= 15 is 0 Å². The van der Waals surface area contributed by atoms with E-state index in [4.69, 9.17) is 9.47 Å². The van der Waals surface area contributed by atoms with E-state index in [1.807, 2.05) is 38.1 Å². The van der Waals surface area contributed by atoms with Gasteiger partial charge < -0.3 is 9.47 Å². The number of methoxy groups -OCH3 is 1. The van der Waals surface area contributed by atoms with Gasteiger partial charge in [0.1, 0.15) is 0 Å². The monoisotopic (exact) mass is 274 g/mol. The molecule has 1 aliphatic rings. The first kappa shape index (κ1) is 14.8. The van der Waals surface area contributed by atoms with Crippen LogP contribution in [0, 0.1) is 5.41 Å². The van der Waals surface area contributed by atoms with Crippen LogP contribution in [0.2, 0.25) is 0 Å². The molecule has 1 aliphatic heterocycles. The summed E-state index contributed by atoms with van der Waals surface area (Å²) in [5.41, 5.74) is 0.586. The molecule has 0 aromatic heterocycles. The Kier molecular flexibility index (Phi) is 4.61. The second-order valence-electron chi connectivity index (χ2n) is 5.75. The molecule has 2 atom stereocenters. The van der Waals surface area contributed by atoms with Crippen LogP contribution in [0.4, 0.5) is 0 Å². The van der Waals surface area contributed by atoms with E-state index < -0.39 is 5.41 Å². The summed E-state index contributed by atoms with van der Waals surface area (Å²) < 4.78 is 11.0. The molecule has 0 amide bonds. The Morgan fingerprint density at radius 3 is 2.70 bits per heavy atom. The van der Waals surface area contributed by atoms with Crippen molar-refractivity contribution in [2.75, 3.05) is 7.11 Å². The van der Waals surface area contributed by atoms with Gasteiger partial charge in [0, 0.05) is 0 Å². The number of carbonyl (C=O) groups is 1. The van der Waals surface area contributed by atoms with Crippen molar-refractivity contribution in [1.29, 1.82) is 0 Å². The molecular formula is C17H22O3. The lowest BCUT2D eigenvalue weighted by Crippen LogP contribution is -2.42. The maximum Gasteiger partial charge on any atom is 0.314 e. The summed E-state index contributed by atoms with van der Waals surface area (Å²) >= 11 is 0. The molecule has 0 saturated carbocycles. The smallest absolute Gasteiger partial charge is 0.314 e. The van der Waals surface area contributed by atoms with Crippen LogP contribution in [0.25, 0.3) is 0 Å². The van der Waals surface area contributed by atoms with Gasteiger partial charge in [-0.25, -0.2) is 0 Å². The number of carbonyl (C=O) groups excluding carboxylic acids is 1. The van der Waals surface area contributed by atoms with Crippen molar-refractivity contribution in [3.05, 3.63) is 48.0 Å². The Morgan fingerprint density at radius 1 is 1.35 bits per heavy atom. The lowest BCUT2D eigenvalue weighted by atomic mass is 9.84. The summed E-state index contributed by atoms with van der Waals surface area (Å²) in [6, 6.07) is 10.3. The molecule has 0 aliphatic carbocycles. The lowest BCUT2D eigenvalue weighted by Gasteiger charge is -2.35. The first-order chi connectivity index (χ1) is 9.54. The largest absolute Gasteiger partial charge is 0.469 e. The normalized spacial score (nSPS) is 22.6. The van der Waals surface area contributed by atoms with Gasteiger partial charge in [-0.3, -0.25) is 4.79 Å². The second-order valence-corrected chi connectivity index (χ2v) is 5.75. The summed E-state index contributed by atoms with van der Waals surface area (Å²) in [4.78, 5) is 11.9. The van der Waals surface area contributed by atoms with Gasteiger partial charge in [0.25, 0.3) is 0 Å². The molecule has 2 rings (SSSR count). The molecule has 0 spiro atoms. The van der Waals surface area contributed by atoms with E-state index in [0.29, 0.717) is 0 Å². The van der Waals surface area contributed by atoms with Gasteiger partial charge >= 0.3 is 5.97 Å². The molecule has 3 heteroatoms. The zero-order valence-electron chi connectivity index (χ0n) is 12.3. The van der Waals surface area contributed by atoms with Gasteiger partial charge in [0.05, 0.1) is 24.7 Å². The van der Waals surface area contributed by atoms with Crippen molar-refractivity contribution < 1.29 is 14.3 Å². The lowest BCUT2D eigenvalue weighted by molar-refractivity contribution is -0.160. The predicted molar refractivity (Wildman–Crippen MR) is 78.4 cm³/mol. The second kappa shape index (κ2) is 6.23. The SMILES string of the molecule is COC(=O)C(C)(C)[C@@H]1C=CC[C@@H](Cc2ccccc2)O1. The zero-order valence-corrected chi connectivity index (χ0v) is 12.3. The van der Waals surface area contributed by atoms with Gasteiger partial charge in [-0.1, -0.05) is 42.5 Å². The minimum absolute atomic E-state index is 0.108. The molecule has 20 heavy (non-hydrogen) atoms. The number of hydrogen-bond donors (Lipinski definition) is 0. The van der Waals surface area contributed by atoms with Gasteiger partial charge in [-0.2, -0.15) is 0 Å². The van der Waals surface area contributed by atoms with E-state index in [9.17, 15) is 4.79 Å². The Bertz CT molecular complexity index is 476. The van der Waals surface area contributed by atoms with E-state index in [-0.39, 0.29) is 18.2 Å². The van der Waals surface area contributed by atoms with Crippen LogP contribution in [0.1, 0.15) is 25.8 Å².